The van der Waals surface area contributed by atoms with E-state index in [2.05, 4.69) is 45.5 Å². The van der Waals surface area contributed by atoms with Crippen LogP contribution in [-0.2, 0) is 11.2 Å². The van der Waals surface area contributed by atoms with Gasteiger partial charge in [0.15, 0.2) is 0 Å². The van der Waals surface area contributed by atoms with Gasteiger partial charge in [0.05, 0.1) is 6.42 Å². The summed E-state index contributed by atoms with van der Waals surface area (Å²) in [5, 5.41) is 6.45. The molecular formula is C17H18BrNO. The number of carbonyl (C=O) groups is 1. The summed E-state index contributed by atoms with van der Waals surface area (Å²) < 4.78 is 0. The van der Waals surface area contributed by atoms with Crippen molar-refractivity contribution in [1.29, 1.82) is 0 Å². The number of nitrogens with one attached hydrogen (secondary N) is 1. The molecular weight excluding hydrogens is 314 g/mol. The van der Waals surface area contributed by atoms with E-state index < -0.39 is 0 Å². The number of carbonyl (C=O) groups excluding carboxylic acids is 1. The third-order valence-corrected chi connectivity index (χ3v) is 5.27. The first-order valence-electron chi connectivity index (χ1n) is 7.01. The molecule has 0 spiro atoms. The molecule has 0 aliphatic heterocycles. The molecule has 1 aliphatic rings. The predicted molar refractivity (Wildman–Crippen MR) is 86.1 cm³/mol. The van der Waals surface area contributed by atoms with Crippen molar-refractivity contribution in [2.24, 2.45) is 5.41 Å². The van der Waals surface area contributed by atoms with Crippen LogP contribution in [0.3, 0.4) is 0 Å². The molecule has 3 heteroatoms. The van der Waals surface area contributed by atoms with E-state index in [1.807, 2.05) is 18.2 Å². The average molecular weight is 332 g/mol. The Morgan fingerprint density at radius 2 is 1.90 bits per heavy atom. The van der Waals surface area contributed by atoms with Crippen molar-refractivity contribution in [2.45, 2.75) is 19.3 Å². The highest BCUT2D eigenvalue weighted by molar-refractivity contribution is 9.09. The average Bonchev–Trinajstić information content (AvgIpc) is 3.26. The summed E-state index contributed by atoms with van der Waals surface area (Å²) in [6, 6.07) is 14.5. The molecule has 0 radical (unpaired) electrons. The van der Waals surface area contributed by atoms with Gasteiger partial charge >= 0.3 is 0 Å². The van der Waals surface area contributed by atoms with Crippen molar-refractivity contribution in [3.63, 3.8) is 0 Å². The number of rotatable bonds is 5. The number of amides is 1. The van der Waals surface area contributed by atoms with Crippen LogP contribution < -0.4 is 5.32 Å². The second-order valence-electron chi connectivity index (χ2n) is 5.77. The predicted octanol–water partition coefficient (Wildman–Crippen LogP) is 3.67. The van der Waals surface area contributed by atoms with Gasteiger partial charge in [-0.15, -0.1) is 0 Å². The fourth-order valence-electron chi connectivity index (χ4n) is 2.42. The largest absolute Gasteiger partial charge is 0.355 e. The van der Waals surface area contributed by atoms with Gasteiger partial charge in [-0.2, -0.15) is 0 Å². The molecule has 104 valence electrons. The van der Waals surface area contributed by atoms with Crippen LogP contribution in [0.25, 0.3) is 10.8 Å². The molecule has 0 aromatic heterocycles. The third-order valence-electron chi connectivity index (χ3n) is 4.08. The molecule has 1 fully saturated rings. The topological polar surface area (TPSA) is 29.1 Å². The van der Waals surface area contributed by atoms with Gasteiger partial charge in [-0.3, -0.25) is 4.79 Å². The van der Waals surface area contributed by atoms with Crippen LogP contribution in [-0.4, -0.2) is 17.8 Å². The minimum Gasteiger partial charge on any atom is -0.355 e. The minimum absolute atomic E-state index is 0.118. The zero-order chi connectivity index (χ0) is 14.0. The van der Waals surface area contributed by atoms with Crippen LogP contribution in [0.4, 0.5) is 0 Å². The fraction of sp³-hybridized carbons (Fsp3) is 0.353. The maximum Gasteiger partial charge on any atom is 0.224 e. The van der Waals surface area contributed by atoms with Crippen LogP contribution in [0.15, 0.2) is 42.5 Å². The first-order chi connectivity index (χ1) is 9.71. The Labute approximate surface area is 127 Å². The van der Waals surface area contributed by atoms with Crippen molar-refractivity contribution in [1.82, 2.24) is 5.32 Å². The van der Waals surface area contributed by atoms with E-state index in [-0.39, 0.29) is 5.91 Å². The first kappa shape index (κ1) is 13.6. The SMILES string of the molecule is O=C(Cc1ccc2ccccc2c1)NCC1(CBr)CC1. The lowest BCUT2D eigenvalue weighted by Crippen LogP contribution is -2.32. The van der Waals surface area contributed by atoms with Crippen LogP contribution in [0.2, 0.25) is 0 Å². The van der Waals surface area contributed by atoms with Gasteiger partial charge in [0, 0.05) is 11.9 Å². The highest BCUT2D eigenvalue weighted by Gasteiger charge is 2.41. The molecule has 2 aromatic rings. The van der Waals surface area contributed by atoms with Gasteiger partial charge in [-0.05, 0) is 34.6 Å². The Bertz CT molecular complexity index is 634. The number of halogens is 1. The first-order valence-corrected chi connectivity index (χ1v) is 8.13. The second kappa shape index (κ2) is 5.57. The lowest BCUT2D eigenvalue weighted by atomic mass is 10.0. The second-order valence-corrected chi connectivity index (χ2v) is 6.33. The smallest absolute Gasteiger partial charge is 0.224 e. The molecule has 2 nitrogen and oxygen atoms in total. The molecule has 1 N–H and O–H groups in total. The van der Waals surface area contributed by atoms with Crippen LogP contribution in [0, 0.1) is 5.41 Å². The van der Waals surface area contributed by atoms with Gasteiger partial charge in [0.1, 0.15) is 0 Å². The van der Waals surface area contributed by atoms with Gasteiger partial charge in [0.25, 0.3) is 0 Å². The maximum absolute atomic E-state index is 12.0. The third kappa shape index (κ3) is 3.04. The molecule has 0 atom stereocenters. The summed E-state index contributed by atoms with van der Waals surface area (Å²) >= 11 is 3.53. The van der Waals surface area contributed by atoms with Crippen molar-refractivity contribution in [3.8, 4) is 0 Å². The number of benzene rings is 2. The van der Waals surface area contributed by atoms with Crippen LogP contribution in [0.5, 0.6) is 0 Å². The van der Waals surface area contributed by atoms with Gasteiger partial charge in [-0.1, -0.05) is 58.4 Å². The molecule has 0 saturated heterocycles. The number of hydrogen-bond donors (Lipinski definition) is 1. The Hall–Kier alpha value is -1.35. The number of alkyl halides is 1. The van der Waals surface area contributed by atoms with E-state index in [1.54, 1.807) is 0 Å². The van der Waals surface area contributed by atoms with Crippen LogP contribution in [0.1, 0.15) is 18.4 Å². The van der Waals surface area contributed by atoms with E-state index in [0.29, 0.717) is 11.8 Å². The molecule has 20 heavy (non-hydrogen) atoms. The Morgan fingerprint density at radius 3 is 2.60 bits per heavy atom. The van der Waals surface area contributed by atoms with E-state index in [0.717, 1.165) is 17.4 Å². The van der Waals surface area contributed by atoms with Gasteiger partial charge < -0.3 is 5.32 Å². The normalized spacial score (nSPS) is 16.1. The monoisotopic (exact) mass is 331 g/mol. The molecule has 1 saturated carbocycles. The molecule has 1 amide bonds. The van der Waals surface area contributed by atoms with E-state index in [1.165, 1.54) is 23.6 Å². The van der Waals surface area contributed by atoms with E-state index in [9.17, 15) is 4.79 Å². The van der Waals surface area contributed by atoms with Gasteiger partial charge in [0.2, 0.25) is 5.91 Å². The van der Waals surface area contributed by atoms with E-state index >= 15 is 0 Å². The molecule has 1 aliphatic carbocycles. The van der Waals surface area contributed by atoms with Crippen molar-refractivity contribution >= 4 is 32.6 Å². The molecule has 2 aromatic carbocycles. The fourth-order valence-corrected chi connectivity index (χ4v) is 3.18. The lowest BCUT2D eigenvalue weighted by molar-refractivity contribution is -0.120. The van der Waals surface area contributed by atoms with Crippen molar-refractivity contribution < 1.29 is 4.79 Å². The summed E-state index contributed by atoms with van der Waals surface area (Å²) in [5.74, 6) is 0.118. The number of fused-ring (bicyclic) bond motifs is 1. The molecule has 0 bridgehead atoms. The van der Waals surface area contributed by atoms with Crippen LogP contribution >= 0.6 is 15.9 Å². The Kier molecular flexibility index (Phi) is 3.79. The Morgan fingerprint density at radius 1 is 1.15 bits per heavy atom. The highest BCUT2D eigenvalue weighted by Crippen LogP contribution is 2.46. The number of hydrogen-bond acceptors (Lipinski definition) is 1. The minimum atomic E-state index is 0.118. The summed E-state index contributed by atoms with van der Waals surface area (Å²) in [4.78, 5) is 12.0. The highest BCUT2D eigenvalue weighted by atomic mass is 79.9. The van der Waals surface area contributed by atoms with Crippen molar-refractivity contribution in [3.05, 3.63) is 48.0 Å². The quantitative estimate of drug-likeness (QED) is 0.832. The summed E-state index contributed by atoms with van der Waals surface area (Å²) in [7, 11) is 0. The molecule has 3 rings (SSSR count). The summed E-state index contributed by atoms with van der Waals surface area (Å²) in [5.41, 5.74) is 1.41. The zero-order valence-electron chi connectivity index (χ0n) is 11.4. The summed E-state index contributed by atoms with van der Waals surface area (Å²) in [6.07, 6.45) is 2.90. The van der Waals surface area contributed by atoms with Gasteiger partial charge in [-0.25, -0.2) is 0 Å². The summed E-state index contributed by atoms with van der Waals surface area (Å²) in [6.45, 7) is 0.796. The lowest BCUT2D eigenvalue weighted by Gasteiger charge is -2.12. The maximum atomic E-state index is 12.0. The zero-order valence-corrected chi connectivity index (χ0v) is 12.9. The molecule has 0 heterocycles. The standard InChI is InChI=1S/C17H18BrNO/c18-11-17(7-8-17)12-19-16(20)10-13-5-6-14-3-1-2-4-15(14)9-13/h1-6,9H,7-8,10-12H2,(H,19,20). The Balaban J connectivity index is 1.62. The van der Waals surface area contributed by atoms with Crippen molar-refractivity contribution in [2.75, 3.05) is 11.9 Å². The van der Waals surface area contributed by atoms with E-state index in [4.69, 9.17) is 0 Å². The molecule has 0 unspecified atom stereocenters.